The van der Waals surface area contributed by atoms with Crippen LogP contribution in [-0.4, -0.2) is 48.7 Å². The van der Waals surface area contributed by atoms with Gasteiger partial charge in [-0.2, -0.15) is 26.3 Å². The van der Waals surface area contributed by atoms with E-state index in [4.69, 9.17) is 29.3 Å². The Morgan fingerprint density at radius 2 is 1.15 bits per heavy atom. The Kier molecular flexibility index (Phi) is 11.8. The van der Waals surface area contributed by atoms with Crippen LogP contribution < -0.4 is 9.47 Å². The molecule has 0 bridgehead atoms. The second kappa shape index (κ2) is 11.6. The number of carbonyl (C=O) groups is 2. The standard InChI is InChI=1S/C9H11IO2.2C2HF3O2/c1-11-8-3-7(6-10)4-9(5-8)12-2;2*3-2(4,5)1(6)7/h3-5H,6H2,1-2H3;2*(H,6,7). The molecule has 6 nitrogen and oxygen atoms in total. The van der Waals surface area contributed by atoms with Crippen LogP contribution in [0.1, 0.15) is 5.56 Å². The van der Waals surface area contributed by atoms with Crippen molar-refractivity contribution in [3.05, 3.63) is 23.8 Å². The van der Waals surface area contributed by atoms with Crippen molar-refractivity contribution in [1.29, 1.82) is 0 Å². The average molecular weight is 506 g/mol. The first-order valence-corrected chi connectivity index (χ1v) is 7.59. The van der Waals surface area contributed by atoms with Crippen LogP contribution >= 0.6 is 22.6 Å². The first-order chi connectivity index (χ1) is 11.7. The number of methoxy groups -OCH3 is 2. The number of benzene rings is 1. The van der Waals surface area contributed by atoms with E-state index in [0.717, 1.165) is 15.9 Å². The highest BCUT2D eigenvalue weighted by Gasteiger charge is 2.38. The van der Waals surface area contributed by atoms with Crippen molar-refractivity contribution in [2.24, 2.45) is 0 Å². The van der Waals surface area contributed by atoms with E-state index in [1.54, 1.807) is 14.2 Å². The Hall–Kier alpha value is -1.93. The van der Waals surface area contributed by atoms with Crippen LogP contribution in [0.15, 0.2) is 18.2 Å². The smallest absolute Gasteiger partial charge is 0.490 e. The number of carboxylic acid groups (broad SMARTS) is 2. The molecule has 26 heavy (non-hydrogen) atoms. The highest BCUT2D eigenvalue weighted by atomic mass is 127. The van der Waals surface area contributed by atoms with Gasteiger partial charge in [0.05, 0.1) is 14.2 Å². The molecular weight excluding hydrogens is 493 g/mol. The number of alkyl halides is 7. The SMILES string of the molecule is COc1cc(CI)cc(OC)c1.O=C(O)C(F)(F)F.O=C(O)C(F)(F)F. The van der Waals surface area contributed by atoms with Crippen molar-refractivity contribution in [2.45, 2.75) is 16.8 Å². The minimum Gasteiger partial charge on any atom is -0.497 e. The van der Waals surface area contributed by atoms with E-state index >= 15 is 0 Å². The topological polar surface area (TPSA) is 93.1 Å². The summed E-state index contributed by atoms with van der Waals surface area (Å²) in [6.07, 6.45) is -10.2. The van der Waals surface area contributed by atoms with E-state index in [-0.39, 0.29) is 0 Å². The number of ether oxygens (including phenoxy) is 2. The molecule has 0 radical (unpaired) electrons. The van der Waals surface area contributed by atoms with Crippen molar-refractivity contribution in [2.75, 3.05) is 14.2 Å². The van der Waals surface area contributed by atoms with Gasteiger partial charge >= 0.3 is 24.3 Å². The van der Waals surface area contributed by atoms with Gasteiger partial charge in [-0.3, -0.25) is 0 Å². The van der Waals surface area contributed by atoms with Crippen molar-refractivity contribution in [3.63, 3.8) is 0 Å². The molecule has 0 unspecified atom stereocenters. The van der Waals surface area contributed by atoms with Crippen LogP contribution in [-0.2, 0) is 14.0 Å². The van der Waals surface area contributed by atoms with Crippen molar-refractivity contribution in [3.8, 4) is 11.5 Å². The molecule has 1 rings (SSSR count). The third-order valence-corrected chi connectivity index (χ3v) is 2.93. The molecule has 0 spiro atoms. The molecule has 0 saturated carbocycles. The number of hydrogen-bond acceptors (Lipinski definition) is 4. The Labute approximate surface area is 156 Å². The van der Waals surface area contributed by atoms with Gasteiger partial charge in [0.15, 0.2) is 0 Å². The van der Waals surface area contributed by atoms with Gasteiger partial charge in [0.25, 0.3) is 0 Å². The quantitative estimate of drug-likeness (QED) is 0.367. The van der Waals surface area contributed by atoms with Gasteiger partial charge in [-0.05, 0) is 17.7 Å². The van der Waals surface area contributed by atoms with Crippen molar-refractivity contribution in [1.82, 2.24) is 0 Å². The number of aliphatic carboxylic acids is 2. The van der Waals surface area contributed by atoms with Gasteiger partial charge in [0.2, 0.25) is 0 Å². The summed E-state index contributed by atoms with van der Waals surface area (Å²) >= 11 is 2.31. The second-order valence-corrected chi connectivity index (χ2v) is 4.72. The first kappa shape index (κ1) is 26.3. The molecule has 0 aliphatic carbocycles. The summed E-state index contributed by atoms with van der Waals surface area (Å²) in [4.78, 5) is 17.8. The predicted molar refractivity (Wildman–Crippen MR) is 84.7 cm³/mol. The first-order valence-electron chi connectivity index (χ1n) is 6.07. The van der Waals surface area contributed by atoms with Gasteiger partial charge in [0.1, 0.15) is 11.5 Å². The average Bonchev–Trinajstić information content (AvgIpc) is 2.53. The number of rotatable bonds is 3. The fraction of sp³-hybridized carbons (Fsp3) is 0.385. The van der Waals surface area contributed by atoms with Crippen LogP contribution in [0.2, 0.25) is 0 Å². The van der Waals surface area contributed by atoms with Gasteiger partial charge < -0.3 is 19.7 Å². The van der Waals surface area contributed by atoms with Crippen LogP contribution in [0.25, 0.3) is 0 Å². The van der Waals surface area contributed by atoms with E-state index in [1.165, 1.54) is 5.56 Å². The fourth-order valence-corrected chi connectivity index (χ4v) is 1.38. The summed E-state index contributed by atoms with van der Waals surface area (Å²) in [7, 11) is 3.32. The molecule has 0 amide bonds. The summed E-state index contributed by atoms with van der Waals surface area (Å²) < 4.78 is 74.7. The molecule has 1 aromatic carbocycles. The van der Waals surface area contributed by atoms with Crippen molar-refractivity contribution >= 4 is 34.5 Å². The number of halogens is 7. The fourth-order valence-electron chi connectivity index (χ4n) is 0.944. The van der Waals surface area contributed by atoms with E-state index in [9.17, 15) is 26.3 Å². The minimum absolute atomic E-state index is 0.848. The maximum atomic E-state index is 10.6. The number of carboxylic acids is 2. The molecule has 1 aromatic rings. The molecule has 0 saturated heterocycles. The highest BCUT2D eigenvalue weighted by molar-refractivity contribution is 14.1. The zero-order chi connectivity index (χ0) is 21.1. The molecule has 0 aromatic heterocycles. The largest absolute Gasteiger partial charge is 0.497 e. The van der Waals surface area contributed by atoms with Crippen LogP contribution in [0.3, 0.4) is 0 Å². The maximum Gasteiger partial charge on any atom is 0.490 e. The maximum absolute atomic E-state index is 10.6. The van der Waals surface area contributed by atoms with Gasteiger partial charge in [-0.1, -0.05) is 22.6 Å². The third kappa shape index (κ3) is 12.4. The zero-order valence-electron chi connectivity index (χ0n) is 13.1. The second-order valence-electron chi connectivity index (χ2n) is 3.96. The Morgan fingerprint density at radius 3 is 1.31 bits per heavy atom. The van der Waals surface area contributed by atoms with Crippen LogP contribution in [0.4, 0.5) is 26.3 Å². The zero-order valence-corrected chi connectivity index (χ0v) is 15.3. The molecule has 0 atom stereocenters. The van der Waals surface area contributed by atoms with E-state index in [1.807, 2.05) is 18.2 Å². The third-order valence-electron chi connectivity index (χ3n) is 2.05. The number of hydrogen-bond donors (Lipinski definition) is 2. The summed E-state index contributed by atoms with van der Waals surface area (Å²) in [5, 5.41) is 14.2. The molecule has 0 fully saturated rings. The Bertz CT molecular complexity index is 508. The molecule has 2 N–H and O–H groups in total. The lowest BCUT2D eigenvalue weighted by Gasteiger charge is -2.05. The molecule has 0 aliphatic rings. The van der Waals surface area contributed by atoms with Crippen molar-refractivity contribution < 1.29 is 55.6 Å². The monoisotopic (exact) mass is 506 g/mol. The van der Waals surface area contributed by atoms with Gasteiger partial charge in [-0.15, -0.1) is 0 Å². The summed E-state index contributed by atoms with van der Waals surface area (Å²) in [5.41, 5.74) is 1.21. The molecule has 0 aliphatic heterocycles. The minimum atomic E-state index is -5.08. The van der Waals surface area contributed by atoms with E-state index < -0.39 is 24.3 Å². The summed E-state index contributed by atoms with van der Waals surface area (Å²) in [5.74, 6) is -3.82. The van der Waals surface area contributed by atoms with E-state index in [0.29, 0.717) is 0 Å². The Balaban J connectivity index is 0. The molecule has 13 heteroatoms. The molecule has 150 valence electrons. The normalized spacial score (nSPS) is 10.5. The lowest BCUT2D eigenvalue weighted by Crippen LogP contribution is -2.21. The van der Waals surface area contributed by atoms with E-state index in [2.05, 4.69) is 22.6 Å². The van der Waals surface area contributed by atoms with Gasteiger partial charge in [-0.25, -0.2) is 9.59 Å². The Morgan fingerprint density at radius 1 is 0.885 bits per heavy atom. The van der Waals surface area contributed by atoms with Crippen LogP contribution in [0.5, 0.6) is 11.5 Å². The lowest BCUT2D eigenvalue weighted by molar-refractivity contribution is -0.193. The predicted octanol–water partition coefficient (Wildman–Crippen LogP) is 3.91. The molecule has 0 heterocycles. The molecular formula is C13H13F6IO6. The van der Waals surface area contributed by atoms with Gasteiger partial charge in [0, 0.05) is 10.5 Å². The summed E-state index contributed by atoms with van der Waals surface area (Å²) in [6.45, 7) is 0. The lowest BCUT2D eigenvalue weighted by atomic mass is 10.2. The summed E-state index contributed by atoms with van der Waals surface area (Å²) in [6, 6.07) is 5.89. The highest BCUT2D eigenvalue weighted by Crippen LogP contribution is 2.23. The van der Waals surface area contributed by atoms with Crippen LogP contribution in [0, 0.1) is 0 Å².